The normalized spacial score (nSPS) is 14.5. The van der Waals surface area contributed by atoms with Gasteiger partial charge in [0.2, 0.25) is 5.91 Å². The van der Waals surface area contributed by atoms with E-state index in [1.165, 1.54) is 12.8 Å². The van der Waals surface area contributed by atoms with Crippen LogP contribution in [0.25, 0.3) is 11.0 Å². The Balaban J connectivity index is 1.54. The highest BCUT2D eigenvalue weighted by atomic mass is 16.2. The molecule has 4 rings (SSSR count). The second-order valence-corrected chi connectivity index (χ2v) is 7.95. The molecule has 2 amide bonds. The summed E-state index contributed by atoms with van der Waals surface area (Å²) in [6, 6.07) is 15.3. The fraction of sp³-hybridized carbons (Fsp3) is 0.375. The monoisotopic (exact) mass is 404 g/mol. The summed E-state index contributed by atoms with van der Waals surface area (Å²) in [6.45, 7) is 4.13. The Kier molecular flexibility index (Phi) is 6.12. The molecule has 1 aromatic heterocycles. The molecule has 0 bridgehead atoms. The van der Waals surface area contributed by atoms with Gasteiger partial charge in [0.1, 0.15) is 12.4 Å². The van der Waals surface area contributed by atoms with E-state index in [0.29, 0.717) is 11.4 Å². The number of carbonyl (C=O) groups excluding carboxylic acids is 2. The van der Waals surface area contributed by atoms with Crippen molar-refractivity contribution in [3.63, 3.8) is 0 Å². The van der Waals surface area contributed by atoms with E-state index in [4.69, 9.17) is 4.98 Å². The van der Waals surface area contributed by atoms with Gasteiger partial charge in [0.05, 0.1) is 17.6 Å². The molecule has 2 aromatic carbocycles. The largest absolute Gasteiger partial charge is 0.345 e. The molecule has 30 heavy (non-hydrogen) atoms. The minimum atomic E-state index is -0.142. The number of imidazole rings is 1. The van der Waals surface area contributed by atoms with Crippen LogP contribution in [-0.2, 0) is 17.9 Å². The molecule has 0 radical (unpaired) electrons. The van der Waals surface area contributed by atoms with E-state index < -0.39 is 0 Å². The van der Waals surface area contributed by atoms with Gasteiger partial charge >= 0.3 is 0 Å². The van der Waals surface area contributed by atoms with E-state index >= 15 is 0 Å². The Morgan fingerprint density at radius 1 is 1.00 bits per heavy atom. The first-order chi connectivity index (χ1) is 14.6. The molecule has 1 fully saturated rings. The molecule has 0 unspecified atom stereocenters. The lowest BCUT2D eigenvalue weighted by Gasteiger charge is -2.21. The van der Waals surface area contributed by atoms with E-state index in [2.05, 4.69) is 5.32 Å². The summed E-state index contributed by atoms with van der Waals surface area (Å²) < 4.78 is 1.94. The van der Waals surface area contributed by atoms with E-state index in [0.717, 1.165) is 42.5 Å². The number of nitrogens with zero attached hydrogens (tertiary/aromatic N) is 3. The molecule has 2 heterocycles. The fourth-order valence-electron chi connectivity index (χ4n) is 4.04. The Morgan fingerprint density at radius 3 is 2.53 bits per heavy atom. The molecular formula is C24H28N4O2. The van der Waals surface area contributed by atoms with Gasteiger partial charge in [-0.1, -0.05) is 42.7 Å². The third-order valence-electron chi connectivity index (χ3n) is 5.67. The SMILES string of the molecule is Cc1cccc(C(=O)NCc2nc3ccccc3n2CC(=O)N2CCCCCC2)c1. The van der Waals surface area contributed by atoms with Gasteiger partial charge in [0.15, 0.2) is 0 Å². The fourth-order valence-corrected chi connectivity index (χ4v) is 4.04. The highest BCUT2D eigenvalue weighted by molar-refractivity contribution is 5.94. The van der Waals surface area contributed by atoms with E-state index in [1.54, 1.807) is 6.07 Å². The Morgan fingerprint density at radius 2 is 1.77 bits per heavy atom. The summed E-state index contributed by atoms with van der Waals surface area (Å²) in [5, 5.41) is 2.96. The van der Waals surface area contributed by atoms with Gasteiger partial charge in [-0.3, -0.25) is 9.59 Å². The molecule has 0 saturated carbocycles. The Hall–Kier alpha value is -3.15. The number of rotatable bonds is 5. The van der Waals surface area contributed by atoms with Crippen molar-refractivity contribution in [3.05, 3.63) is 65.5 Å². The molecule has 6 nitrogen and oxygen atoms in total. The van der Waals surface area contributed by atoms with E-state index in [1.807, 2.05) is 58.9 Å². The quantitative estimate of drug-likeness (QED) is 0.705. The molecule has 1 saturated heterocycles. The molecule has 156 valence electrons. The lowest BCUT2D eigenvalue weighted by atomic mass is 10.1. The van der Waals surface area contributed by atoms with Gasteiger partial charge in [0, 0.05) is 18.7 Å². The smallest absolute Gasteiger partial charge is 0.251 e. The molecule has 1 aliphatic rings. The minimum Gasteiger partial charge on any atom is -0.345 e. The van der Waals surface area contributed by atoms with E-state index in [9.17, 15) is 9.59 Å². The van der Waals surface area contributed by atoms with Crippen LogP contribution in [0.2, 0.25) is 0 Å². The van der Waals surface area contributed by atoms with Crippen LogP contribution < -0.4 is 5.32 Å². The maximum atomic E-state index is 13.0. The molecule has 0 spiro atoms. The van der Waals surface area contributed by atoms with Crippen LogP contribution in [-0.4, -0.2) is 39.4 Å². The number of hydrogen-bond donors (Lipinski definition) is 1. The lowest BCUT2D eigenvalue weighted by molar-refractivity contribution is -0.131. The van der Waals surface area contributed by atoms with Crippen molar-refractivity contribution in [1.29, 1.82) is 0 Å². The topological polar surface area (TPSA) is 67.2 Å². The van der Waals surface area contributed by atoms with Crippen molar-refractivity contribution in [1.82, 2.24) is 19.8 Å². The predicted molar refractivity (Wildman–Crippen MR) is 117 cm³/mol. The number of aryl methyl sites for hydroxylation is 1. The van der Waals surface area contributed by atoms with Crippen LogP contribution in [0.3, 0.4) is 0 Å². The number of fused-ring (bicyclic) bond motifs is 1. The van der Waals surface area contributed by atoms with Gasteiger partial charge in [-0.2, -0.15) is 0 Å². The number of para-hydroxylation sites is 2. The summed E-state index contributed by atoms with van der Waals surface area (Å²) in [4.78, 5) is 32.2. The number of benzene rings is 2. The summed E-state index contributed by atoms with van der Waals surface area (Å²) >= 11 is 0. The zero-order chi connectivity index (χ0) is 20.9. The zero-order valence-electron chi connectivity index (χ0n) is 17.4. The van der Waals surface area contributed by atoms with Crippen molar-refractivity contribution in [2.75, 3.05) is 13.1 Å². The van der Waals surface area contributed by atoms with Crippen LogP contribution in [0.4, 0.5) is 0 Å². The maximum Gasteiger partial charge on any atom is 0.251 e. The third kappa shape index (κ3) is 4.53. The molecule has 1 N–H and O–H groups in total. The Bertz CT molecular complexity index is 1050. The number of hydrogen-bond acceptors (Lipinski definition) is 3. The molecule has 0 aliphatic carbocycles. The second-order valence-electron chi connectivity index (χ2n) is 7.95. The zero-order valence-corrected chi connectivity index (χ0v) is 17.4. The van der Waals surface area contributed by atoms with Crippen molar-refractivity contribution in [3.8, 4) is 0 Å². The number of nitrogens with one attached hydrogen (secondary N) is 1. The van der Waals surface area contributed by atoms with Gasteiger partial charge in [-0.05, 0) is 44.0 Å². The first-order valence-corrected chi connectivity index (χ1v) is 10.7. The molecule has 0 atom stereocenters. The van der Waals surface area contributed by atoms with E-state index in [-0.39, 0.29) is 24.9 Å². The average molecular weight is 405 g/mol. The second kappa shape index (κ2) is 9.11. The van der Waals surface area contributed by atoms with Crippen LogP contribution >= 0.6 is 0 Å². The summed E-state index contributed by atoms with van der Waals surface area (Å²) in [5.74, 6) is 0.669. The number of carbonyl (C=O) groups is 2. The predicted octanol–water partition coefficient (Wildman–Crippen LogP) is 3.68. The standard InChI is InChI=1S/C24H28N4O2/c1-18-9-8-10-19(15-18)24(30)25-16-22-26-20-11-4-5-12-21(20)28(22)17-23(29)27-13-6-2-3-7-14-27/h4-5,8-12,15H,2-3,6-7,13-14,16-17H2,1H3,(H,25,30). The molecule has 6 heteroatoms. The van der Waals surface area contributed by atoms with Gasteiger partial charge in [-0.15, -0.1) is 0 Å². The van der Waals surface area contributed by atoms with Crippen LogP contribution in [0.15, 0.2) is 48.5 Å². The molecule has 3 aromatic rings. The van der Waals surface area contributed by atoms with Gasteiger partial charge < -0.3 is 14.8 Å². The first-order valence-electron chi connectivity index (χ1n) is 10.7. The van der Waals surface area contributed by atoms with Crippen LogP contribution in [0.1, 0.15) is 47.4 Å². The average Bonchev–Trinajstić information content (AvgIpc) is 2.92. The lowest BCUT2D eigenvalue weighted by Crippen LogP contribution is -2.35. The first kappa shape index (κ1) is 20.1. The van der Waals surface area contributed by atoms with Crippen molar-refractivity contribution < 1.29 is 9.59 Å². The van der Waals surface area contributed by atoms with Crippen molar-refractivity contribution >= 4 is 22.8 Å². The number of aromatic nitrogens is 2. The summed E-state index contributed by atoms with van der Waals surface area (Å²) in [5.41, 5.74) is 3.41. The van der Waals surface area contributed by atoms with Gasteiger partial charge in [-0.25, -0.2) is 4.98 Å². The minimum absolute atomic E-state index is 0.117. The van der Waals surface area contributed by atoms with Crippen molar-refractivity contribution in [2.24, 2.45) is 0 Å². The molecular weight excluding hydrogens is 376 g/mol. The Labute approximate surface area is 176 Å². The third-order valence-corrected chi connectivity index (χ3v) is 5.67. The summed E-state index contributed by atoms with van der Waals surface area (Å²) in [7, 11) is 0. The van der Waals surface area contributed by atoms with Gasteiger partial charge in [0.25, 0.3) is 5.91 Å². The highest BCUT2D eigenvalue weighted by Gasteiger charge is 2.19. The maximum absolute atomic E-state index is 13.0. The summed E-state index contributed by atoms with van der Waals surface area (Å²) in [6.07, 6.45) is 4.51. The number of amides is 2. The highest BCUT2D eigenvalue weighted by Crippen LogP contribution is 2.18. The van der Waals surface area contributed by atoms with Crippen LogP contribution in [0.5, 0.6) is 0 Å². The molecule has 1 aliphatic heterocycles. The van der Waals surface area contributed by atoms with Crippen molar-refractivity contribution in [2.45, 2.75) is 45.7 Å². The van der Waals surface area contributed by atoms with Crippen LogP contribution in [0, 0.1) is 6.92 Å². The number of likely N-dealkylation sites (tertiary alicyclic amines) is 1.